The van der Waals surface area contributed by atoms with Gasteiger partial charge in [0.1, 0.15) is 18.5 Å². The average molecular weight is 472 g/mol. The first-order chi connectivity index (χ1) is 15.6. The van der Waals surface area contributed by atoms with Crippen LogP contribution >= 0.6 is 0 Å². The standard InChI is InChI=1S/C24H32F3NO5/c1-28-23(32)10-5-3-2-4-9-19-20(22(31)14-21(19)30)12-11-17(29)15-33-18-8-6-7-16(13-18)24(25,26)27/h2,4,6-8,11-13,17,19-22,29-31H,3,5,9-10,14-15H2,1H3,(H,28,32)/b4-2+,12-11+/t17-,19-,20-,21+,22-/m1/s1. The summed E-state index contributed by atoms with van der Waals surface area (Å²) in [6, 6.07) is 4.41. The molecule has 1 amide bonds. The number of aliphatic hydroxyl groups excluding tert-OH is 3. The summed E-state index contributed by atoms with van der Waals surface area (Å²) in [5.41, 5.74) is -0.836. The zero-order valence-corrected chi connectivity index (χ0v) is 18.5. The molecule has 1 aromatic carbocycles. The maximum Gasteiger partial charge on any atom is 0.416 e. The van der Waals surface area contributed by atoms with Crippen LogP contribution < -0.4 is 10.1 Å². The molecule has 0 saturated heterocycles. The number of carbonyl (C=O) groups is 1. The molecule has 5 atom stereocenters. The van der Waals surface area contributed by atoms with E-state index in [0.29, 0.717) is 19.3 Å². The lowest BCUT2D eigenvalue weighted by atomic mass is 9.89. The highest BCUT2D eigenvalue weighted by atomic mass is 19.4. The van der Waals surface area contributed by atoms with Crippen molar-refractivity contribution < 1.29 is 38.0 Å². The predicted octanol–water partition coefficient (Wildman–Crippen LogP) is 3.22. The number of benzene rings is 1. The fourth-order valence-corrected chi connectivity index (χ4v) is 3.84. The molecule has 0 bridgehead atoms. The van der Waals surface area contributed by atoms with Crippen LogP contribution in [-0.4, -0.2) is 53.2 Å². The van der Waals surface area contributed by atoms with Gasteiger partial charge in [-0.05, 0) is 43.4 Å². The quantitative estimate of drug-likeness (QED) is 0.293. The number of aliphatic hydroxyl groups is 3. The van der Waals surface area contributed by atoms with Crippen molar-refractivity contribution in [3.8, 4) is 5.75 Å². The van der Waals surface area contributed by atoms with Crippen LogP contribution in [0.1, 0.15) is 37.7 Å². The largest absolute Gasteiger partial charge is 0.491 e. The van der Waals surface area contributed by atoms with Crippen molar-refractivity contribution in [2.45, 2.75) is 56.6 Å². The molecule has 0 radical (unpaired) electrons. The van der Waals surface area contributed by atoms with Crippen LogP contribution in [0.2, 0.25) is 0 Å². The molecule has 0 aliphatic heterocycles. The van der Waals surface area contributed by atoms with Crippen molar-refractivity contribution in [3.05, 3.63) is 54.1 Å². The number of alkyl halides is 3. The van der Waals surface area contributed by atoms with E-state index in [0.717, 1.165) is 18.6 Å². The van der Waals surface area contributed by atoms with E-state index in [-0.39, 0.29) is 36.5 Å². The zero-order valence-electron chi connectivity index (χ0n) is 18.5. The fraction of sp³-hybridized carbons (Fsp3) is 0.542. The van der Waals surface area contributed by atoms with Crippen LogP contribution in [0.3, 0.4) is 0 Å². The van der Waals surface area contributed by atoms with E-state index in [2.05, 4.69) is 5.32 Å². The van der Waals surface area contributed by atoms with E-state index in [1.165, 1.54) is 18.2 Å². The first-order valence-corrected chi connectivity index (χ1v) is 11.0. The Morgan fingerprint density at radius 2 is 2.03 bits per heavy atom. The molecule has 1 aromatic rings. The first-order valence-electron chi connectivity index (χ1n) is 11.0. The second-order valence-electron chi connectivity index (χ2n) is 8.17. The van der Waals surface area contributed by atoms with Gasteiger partial charge >= 0.3 is 6.18 Å². The molecule has 6 nitrogen and oxygen atoms in total. The van der Waals surface area contributed by atoms with Gasteiger partial charge in [0.2, 0.25) is 5.91 Å². The van der Waals surface area contributed by atoms with Gasteiger partial charge in [-0.25, -0.2) is 0 Å². The van der Waals surface area contributed by atoms with E-state index in [4.69, 9.17) is 4.74 Å². The molecule has 33 heavy (non-hydrogen) atoms. The number of rotatable bonds is 11. The SMILES string of the molecule is CNC(=O)CCC/C=C/C[C@@H]1[C@@H](/C=C/[C@@H](O)COc2cccc(C(F)(F)F)c2)[C@H](O)C[C@@H]1O. The molecule has 0 heterocycles. The summed E-state index contributed by atoms with van der Waals surface area (Å²) < 4.78 is 43.6. The zero-order chi connectivity index (χ0) is 24.4. The van der Waals surface area contributed by atoms with Crippen molar-refractivity contribution in [3.63, 3.8) is 0 Å². The summed E-state index contributed by atoms with van der Waals surface area (Å²) in [6.07, 6.45) is 2.53. The number of hydrogen-bond acceptors (Lipinski definition) is 5. The minimum atomic E-state index is -4.48. The highest BCUT2D eigenvalue weighted by Gasteiger charge is 2.39. The van der Waals surface area contributed by atoms with Crippen LogP contribution in [0.15, 0.2) is 48.6 Å². The average Bonchev–Trinajstić information content (AvgIpc) is 3.04. The fourth-order valence-electron chi connectivity index (χ4n) is 3.84. The molecule has 0 aromatic heterocycles. The van der Waals surface area contributed by atoms with Gasteiger partial charge in [0.25, 0.3) is 0 Å². The lowest BCUT2D eigenvalue weighted by Gasteiger charge is -2.19. The molecule has 0 unspecified atom stereocenters. The van der Waals surface area contributed by atoms with Crippen molar-refractivity contribution in [2.75, 3.05) is 13.7 Å². The lowest BCUT2D eigenvalue weighted by molar-refractivity contribution is -0.137. The Kier molecular flexibility index (Phi) is 10.4. The Bertz CT molecular complexity index is 812. The number of nitrogens with one attached hydrogen (secondary N) is 1. The summed E-state index contributed by atoms with van der Waals surface area (Å²) in [5.74, 6) is -0.631. The molecule has 184 valence electrons. The molecule has 1 aliphatic carbocycles. The number of halogens is 3. The number of carbonyl (C=O) groups excluding carboxylic acids is 1. The van der Waals surface area contributed by atoms with Gasteiger partial charge in [-0.3, -0.25) is 4.79 Å². The van der Waals surface area contributed by atoms with Gasteiger partial charge in [-0.1, -0.05) is 30.4 Å². The topological polar surface area (TPSA) is 99.0 Å². The van der Waals surface area contributed by atoms with Crippen molar-refractivity contribution in [2.24, 2.45) is 11.8 Å². The van der Waals surface area contributed by atoms with Gasteiger partial charge in [0.05, 0.1) is 17.8 Å². The molecule has 4 N–H and O–H groups in total. The third-order valence-electron chi connectivity index (χ3n) is 5.68. The van der Waals surface area contributed by atoms with Crippen LogP contribution in [-0.2, 0) is 11.0 Å². The number of allylic oxidation sites excluding steroid dienone is 2. The van der Waals surface area contributed by atoms with Gasteiger partial charge in [0.15, 0.2) is 0 Å². The third kappa shape index (κ3) is 8.83. The van der Waals surface area contributed by atoms with Crippen LogP contribution in [0, 0.1) is 11.8 Å². The summed E-state index contributed by atoms with van der Waals surface area (Å²) in [7, 11) is 1.59. The van der Waals surface area contributed by atoms with E-state index < -0.39 is 30.1 Å². The first kappa shape index (κ1) is 26.9. The number of amides is 1. The summed E-state index contributed by atoms with van der Waals surface area (Å²) >= 11 is 0. The summed E-state index contributed by atoms with van der Waals surface area (Å²) in [6.45, 7) is -0.251. The molecule has 1 fully saturated rings. The van der Waals surface area contributed by atoms with Crippen molar-refractivity contribution in [1.82, 2.24) is 5.32 Å². The van der Waals surface area contributed by atoms with Gasteiger partial charge < -0.3 is 25.4 Å². The van der Waals surface area contributed by atoms with Gasteiger partial charge in [-0.15, -0.1) is 0 Å². The molecule has 9 heteroatoms. The van der Waals surface area contributed by atoms with Crippen LogP contribution in [0.4, 0.5) is 13.2 Å². The van der Waals surface area contributed by atoms with Crippen molar-refractivity contribution in [1.29, 1.82) is 0 Å². The number of ether oxygens (including phenoxy) is 1. The lowest BCUT2D eigenvalue weighted by Crippen LogP contribution is -2.21. The Balaban J connectivity index is 1.86. The van der Waals surface area contributed by atoms with Crippen molar-refractivity contribution >= 4 is 5.91 Å². The Morgan fingerprint density at radius 3 is 2.73 bits per heavy atom. The smallest absolute Gasteiger partial charge is 0.416 e. The van der Waals surface area contributed by atoms with E-state index in [9.17, 15) is 33.3 Å². The summed E-state index contributed by atoms with van der Waals surface area (Å²) in [4.78, 5) is 11.2. The second-order valence-corrected chi connectivity index (χ2v) is 8.17. The second kappa shape index (κ2) is 12.8. The maximum atomic E-state index is 12.8. The number of unbranched alkanes of at least 4 members (excludes halogenated alkanes) is 1. The summed E-state index contributed by atoms with van der Waals surface area (Å²) in [5, 5.41) is 33.3. The normalized spacial score (nSPS) is 24.5. The third-order valence-corrected chi connectivity index (χ3v) is 5.68. The maximum absolute atomic E-state index is 12.8. The molecular formula is C24H32F3NO5. The Morgan fingerprint density at radius 1 is 1.27 bits per heavy atom. The minimum Gasteiger partial charge on any atom is -0.491 e. The van der Waals surface area contributed by atoms with E-state index in [1.54, 1.807) is 13.1 Å². The van der Waals surface area contributed by atoms with Gasteiger partial charge in [0, 0.05) is 25.8 Å². The van der Waals surface area contributed by atoms with Crippen LogP contribution in [0.25, 0.3) is 0 Å². The van der Waals surface area contributed by atoms with E-state index >= 15 is 0 Å². The molecule has 2 rings (SSSR count). The Labute approximate surface area is 191 Å². The molecule has 1 aliphatic rings. The molecule has 0 spiro atoms. The highest BCUT2D eigenvalue weighted by Crippen LogP contribution is 2.36. The highest BCUT2D eigenvalue weighted by molar-refractivity contribution is 5.75. The van der Waals surface area contributed by atoms with E-state index in [1.807, 2.05) is 12.2 Å². The van der Waals surface area contributed by atoms with Gasteiger partial charge in [-0.2, -0.15) is 13.2 Å². The minimum absolute atomic E-state index is 0.00645. The monoisotopic (exact) mass is 471 g/mol. The predicted molar refractivity (Wildman–Crippen MR) is 117 cm³/mol. The van der Waals surface area contributed by atoms with Crippen LogP contribution in [0.5, 0.6) is 5.75 Å². The Hall–Kier alpha value is -2.36. The number of hydrogen-bond donors (Lipinski definition) is 4. The molecule has 1 saturated carbocycles. The molecular weight excluding hydrogens is 439 g/mol.